The topological polar surface area (TPSA) is 49.3 Å². The quantitative estimate of drug-likeness (QED) is 0.841. The molecule has 2 N–H and O–H groups in total. The molecule has 1 aromatic carbocycles. The molecule has 1 aromatic rings. The molecule has 3 nitrogen and oxygen atoms in total. The van der Waals surface area contributed by atoms with Crippen LogP contribution in [-0.2, 0) is 4.79 Å². The van der Waals surface area contributed by atoms with Gasteiger partial charge in [0.1, 0.15) is 11.5 Å². The lowest BCUT2D eigenvalue weighted by Gasteiger charge is -2.15. The number of carboxylic acids is 1. The number of hydrogen-bond donors (Lipinski definition) is 2. The smallest absolute Gasteiger partial charge is 0.303 e. The summed E-state index contributed by atoms with van der Waals surface area (Å²) in [5.41, 5.74) is -0.440. The molecule has 17 heavy (non-hydrogen) atoms. The van der Waals surface area contributed by atoms with Gasteiger partial charge in [0.15, 0.2) is 11.6 Å². The Hall–Kier alpha value is -1.72. The fraction of sp³-hybridized carbons (Fsp3) is 0.364. The first-order valence-corrected chi connectivity index (χ1v) is 5.03. The highest BCUT2D eigenvalue weighted by Crippen LogP contribution is 2.21. The lowest BCUT2D eigenvalue weighted by molar-refractivity contribution is -0.137. The number of hydrogen-bond acceptors (Lipinski definition) is 2. The van der Waals surface area contributed by atoms with E-state index in [4.69, 9.17) is 5.11 Å². The van der Waals surface area contributed by atoms with Crippen molar-refractivity contribution < 1.29 is 23.1 Å². The molecular formula is C11H12F3NO2. The zero-order valence-electron chi connectivity index (χ0n) is 9.14. The van der Waals surface area contributed by atoms with Crippen LogP contribution in [0.2, 0.25) is 0 Å². The molecule has 0 radical (unpaired) electrons. The van der Waals surface area contributed by atoms with E-state index in [1.165, 1.54) is 0 Å². The first-order chi connectivity index (χ1) is 7.90. The SMILES string of the molecule is CC(CCC(=O)O)Nc1c(F)cc(F)cc1F. The molecule has 1 rings (SSSR count). The molecular weight excluding hydrogens is 235 g/mol. The average Bonchev–Trinajstić information content (AvgIpc) is 2.20. The van der Waals surface area contributed by atoms with Crippen molar-refractivity contribution in [2.24, 2.45) is 0 Å². The van der Waals surface area contributed by atoms with E-state index in [1.807, 2.05) is 0 Å². The molecule has 0 heterocycles. The van der Waals surface area contributed by atoms with E-state index in [1.54, 1.807) is 6.92 Å². The second-order valence-corrected chi connectivity index (χ2v) is 3.72. The van der Waals surface area contributed by atoms with E-state index in [2.05, 4.69) is 5.32 Å². The van der Waals surface area contributed by atoms with Gasteiger partial charge in [-0.1, -0.05) is 0 Å². The molecule has 0 amide bonds. The van der Waals surface area contributed by atoms with Crippen LogP contribution in [0.5, 0.6) is 0 Å². The predicted molar refractivity (Wildman–Crippen MR) is 56.3 cm³/mol. The Bertz CT molecular complexity index is 400. The van der Waals surface area contributed by atoms with Crippen LogP contribution in [0.3, 0.4) is 0 Å². The summed E-state index contributed by atoms with van der Waals surface area (Å²) >= 11 is 0. The summed E-state index contributed by atoms with van der Waals surface area (Å²) < 4.78 is 39.0. The van der Waals surface area contributed by atoms with Gasteiger partial charge in [0.05, 0.1) is 0 Å². The van der Waals surface area contributed by atoms with Crippen molar-refractivity contribution in [1.82, 2.24) is 0 Å². The first-order valence-electron chi connectivity index (χ1n) is 5.03. The molecule has 0 fully saturated rings. The minimum atomic E-state index is -1.04. The van der Waals surface area contributed by atoms with Crippen LogP contribution in [0.15, 0.2) is 12.1 Å². The number of nitrogens with one attached hydrogen (secondary N) is 1. The number of carbonyl (C=O) groups is 1. The second-order valence-electron chi connectivity index (χ2n) is 3.72. The third-order valence-electron chi connectivity index (χ3n) is 2.19. The van der Waals surface area contributed by atoms with E-state index in [0.29, 0.717) is 12.1 Å². The summed E-state index contributed by atoms with van der Waals surface area (Å²) in [6, 6.07) is 0.700. The van der Waals surface area contributed by atoms with Gasteiger partial charge < -0.3 is 10.4 Å². The monoisotopic (exact) mass is 247 g/mol. The molecule has 0 saturated carbocycles. The number of aliphatic carboxylic acids is 1. The highest BCUT2D eigenvalue weighted by Gasteiger charge is 2.14. The number of benzene rings is 1. The fourth-order valence-corrected chi connectivity index (χ4v) is 1.34. The van der Waals surface area contributed by atoms with Gasteiger partial charge in [0, 0.05) is 24.6 Å². The Morgan fingerprint density at radius 2 is 1.88 bits per heavy atom. The molecule has 1 unspecified atom stereocenters. The minimum absolute atomic E-state index is 0.113. The average molecular weight is 247 g/mol. The van der Waals surface area contributed by atoms with Crippen LogP contribution in [0.4, 0.5) is 18.9 Å². The summed E-state index contributed by atoms with van der Waals surface area (Å²) in [7, 11) is 0. The zero-order chi connectivity index (χ0) is 13.0. The van der Waals surface area contributed by atoms with Gasteiger partial charge >= 0.3 is 5.97 Å². The molecule has 0 aliphatic rings. The summed E-state index contributed by atoms with van der Waals surface area (Å²) in [5.74, 6) is -4.06. The maximum Gasteiger partial charge on any atom is 0.303 e. The van der Waals surface area contributed by atoms with Crippen molar-refractivity contribution in [3.63, 3.8) is 0 Å². The largest absolute Gasteiger partial charge is 0.481 e. The molecule has 0 aliphatic carbocycles. The Balaban J connectivity index is 2.71. The fourth-order valence-electron chi connectivity index (χ4n) is 1.34. The van der Waals surface area contributed by atoms with Gasteiger partial charge in [0.2, 0.25) is 0 Å². The van der Waals surface area contributed by atoms with Gasteiger partial charge in [-0.3, -0.25) is 4.79 Å². The number of carboxylic acid groups (broad SMARTS) is 1. The van der Waals surface area contributed by atoms with Crippen LogP contribution >= 0.6 is 0 Å². The van der Waals surface area contributed by atoms with Gasteiger partial charge in [-0.2, -0.15) is 0 Å². The molecule has 6 heteroatoms. The van der Waals surface area contributed by atoms with Gasteiger partial charge in [-0.05, 0) is 13.3 Å². The lowest BCUT2D eigenvalue weighted by atomic mass is 10.1. The summed E-state index contributed by atoms with van der Waals surface area (Å²) in [6.07, 6.45) is 0.101. The summed E-state index contributed by atoms with van der Waals surface area (Å²) in [6.45, 7) is 1.59. The van der Waals surface area contributed by atoms with Crippen molar-refractivity contribution in [2.75, 3.05) is 5.32 Å². The van der Waals surface area contributed by atoms with Gasteiger partial charge in [-0.15, -0.1) is 0 Å². The Kier molecular flexibility index (Phi) is 4.37. The standard InChI is InChI=1S/C11H12F3NO2/c1-6(2-3-10(16)17)15-11-8(13)4-7(12)5-9(11)14/h4-6,15H,2-3H2,1H3,(H,16,17). The lowest BCUT2D eigenvalue weighted by Crippen LogP contribution is -2.18. The van der Waals surface area contributed by atoms with Gasteiger partial charge in [-0.25, -0.2) is 13.2 Å². The highest BCUT2D eigenvalue weighted by molar-refractivity contribution is 5.66. The minimum Gasteiger partial charge on any atom is -0.481 e. The van der Waals surface area contributed by atoms with E-state index in [-0.39, 0.29) is 12.8 Å². The first kappa shape index (κ1) is 13.3. The third-order valence-corrected chi connectivity index (χ3v) is 2.19. The van der Waals surface area contributed by atoms with Crippen molar-refractivity contribution in [1.29, 1.82) is 0 Å². The van der Waals surface area contributed by atoms with Crippen LogP contribution in [0.25, 0.3) is 0 Å². The van der Waals surface area contributed by atoms with Crippen LogP contribution in [0, 0.1) is 17.5 Å². The molecule has 0 spiro atoms. The van der Waals surface area contributed by atoms with Crippen molar-refractivity contribution in [3.8, 4) is 0 Å². The van der Waals surface area contributed by atoms with Crippen LogP contribution < -0.4 is 5.32 Å². The summed E-state index contributed by atoms with van der Waals surface area (Å²) in [5, 5.41) is 10.9. The maximum absolute atomic E-state index is 13.2. The normalized spacial score (nSPS) is 12.2. The zero-order valence-corrected chi connectivity index (χ0v) is 9.14. The van der Waals surface area contributed by atoms with Crippen molar-refractivity contribution in [2.45, 2.75) is 25.8 Å². The molecule has 1 atom stereocenters. The molecule has 0 aromatic heterocycles. The van der Waals surface area contributed by atoms with E-state index in [9.17, 15) is 18.0 Å². The maximum atomic E-state index is 13.2. The van der Waals surface area contributed by atoms with Crippen LogP contribution in [0.1, 0.15) is 19.8 Å². The molecule has 0 saturated heterocycles. The molecule has 94 valence electrons. The Morgan fingerprint density at radius 3 is 2.35 bits per heavy atom. The molecule has 0 bridgehead atoms. The second kappa shape index (κ2) is 5.56. The van der Waals surface area contributed by atoms with E-state index in [0.717, 1.165) is 0 Å². The van der Waals surface area contributed by atoms with E-state index >= 15 is 0 Å². The number of halogens is 3. The Labute approximate surface area is 96.3 Å². The molecule has 0 aliphatic heterocycles. The summed E-state index contributed by atoms with van der Waals surface area (Å²) in [4.78, 5) is 10.3. The highest BCUT2D eigenvalue weighted by atomic mass is 19.1. The Morgan fingerprint density at radius 1 is 1.35 bits per heavy atom. The van der Waals surface area contributed by atoms with Gasteiger partial charge in [0.25, 0.3) is 0 Å². The predicted octanol–water partition coefficient (Wildman–Crippen LogP) is 2.77. The number of rotatable bonds is 5. The third kappa shape index (κ3) is 3.97. The number of anilines is 1. The van der Waals surface area contributed by atoms with Crippen molar-refractivity contribution >= 4 is 11.7 Å². The van der Waals surface area contributed by atoms with Crippen molar-refractivity contribution in [3.05, 3.63) is 29.6 Å². The van der Waals surface area contributed by atoms with Crippen LogP contribution in [-0.4, -0.2) is 17.1 Å². The van der Waals surface area contributed by atoms with E-state index < -0.39 is 35.2 Å².